The first kappa shape index (κ1) is 12.7. The lowest BCUT2D eigenvalue weighted by Gasteiger charge is -2.02. The van der Waals surface area contributed by atoms with Crippen LogP contribution in [0.1, 0.15) is 10.5 Å². The Morgan fingerprint density at radius 3 is 2.67 bits per heavy atom. The summed E-state index contributed by atoms with van der Waals surface area (Å²) >= 11 is 3.32. The van der Waals surface area contributed by atoms with Crippen LogP contribution >= 0.6 is 15.9 Å². The monoisotopic (exact) mass is 312 g/mol. The molecule has 7 heteroatoms. The van der Waals surface area contributed by atoms with Gasteiger partial charge < -0.3 is 14.6 Å². The number of hydrogen-bond donors (Lipinski definition) is 1. The van der Waals surface area contributed by atoms with Crippen LogP contribution in [0.3, 0.4) is 0 Å². The first-order chi connectivity index (χ1) is 8.51. The van der Waals surface area contributed by atoms with Crippen molar-refractivity contribution in [2.75, 3.05) is 12.4 Å². The molecule has 1 amide bonds. The fraction of sp³-hybridized carbons (Fsp3) is 0.273. The molecule has 0 aliphatic rings. The quantitative estimate of drug-likeness (QED) is 0.939. The van der Waals surface area contributed by atoms with Crippen LogP contribution in [0.15, 0.2) is 22.8 Å². The van der Waals surface area contributed by atoms with Gasteiger partial charge >= 0.3 is 0 Å². The van der Waals surface area contributed by atoms with Crippen LogP contribution in [0.5, 0.6) is 5.88 Å². The minimum atomic E-state index is -0.219. The molecule has 0 aromatic carbocycles. The van der Waals surface area contributed by atoms with Crippen LogP contribution in [0, 0.1) is 0 Å². The van der Waals surface area contributed by atoms with Crippen molar-refractivity contribution in [1.29, 1.82) is 0 Å². The fourth-order valence-corrected chi connectivity index (χ4v) is 2.16. The Morgan fingerprint density at radius 1 is 1.44 bits per heavy atom. The van der Waals surface area contributed by atoms with Crippen molar-refractivity contribution in [3.8, 4) is 5.88 Å². The third-order valence-corrected chi connectivity index (χ3v) is 2.93. The predicted octanol–water partition coefficient (Wildman–Crippen LogP) is 1.78. The molecule has 0 aliphatic carbocycles. The van der Waals surface area contributed by atoms with Crippen molar-refractivity contribution in [3.05, 3.63) is 28.5 Å². The molecule has 0 radical (unpaired) electrons. The van der Waals surface area contributed by atoms with Gasteiger partial charge in [0.25, 0.3) is 5.91 Å². The Balaban J connectivity index is 2.18. The summed E-state index contributed by atoms with van der Waals surface area (Å²) in [5, 5.41) is 6.84. The topological polar surface area (TPSA) is 61.1 Å². The van der Waals surface area contributed by atoms with Crippen LogP contribution in [-0.2, 0) is 14.1 Å². The number of nitrogens with zero attached hydrogens (tertiary/aromatic N) is 3. The molecule has 0 atom stereocenters. The molecule has 0 fully saturated rings. The van der Waals surface area contributed by atoms with Crippen LogP contribution in [-0.4, -0.2) is 27.4 Å². The normalized spacial score (nSPS) is 10.4. The number of halogens is 1. The van der Waals surface area contributed by atoms with Crippen molar-refractivity contribution in [2.24, 2.45) is 14.1 Å². The minimum Gasteiger partial charge on any atom is -0.481 e. The zero-order valence-electron chi connectivity index (χ0n) is 10.3. The van der Waals surface area contributed by atoms with Crippen molar-refractivity contribution in [2.45, 2.75) is 0 Å². The van der Waals surface area contributed by atoms with Gasteiger partial charge in [-0.25, -0.2) is 4.68 Å². The molecule has 0 bridgehead atoms. The minimum absolute atomic E-state index is 0.219. The lowest BCUT2D eigenvalue weighted by molar-refractivity contribution is 0.101. The van der Waals surface area contributed by atoms with Crippen molar-refractivity contribution < 1.29 is 9.53 Å². The van der Waals surface area contributed by atoms with Crippen LogP contribution in [0.25, 0.3) is 0 Å². The average Bonchev–Trinajstić information content (AvgIpc) is 2.81. The summed E-state index contributed by atoms with van der Waals surface area (Å²) in [6.07, 6.45) is 1.81. The van der Waals surface area contributed by atoms with E-state index in [1.807, 2.05) is 6.20 Å². The number of hydrogen-bond acceptors (Lipinski definition) is 3. The first-order valence-electron chi connectivity index (χ1n) is 5.22. The summed E-state index contributed by atoms with van der Waals surface area (Å²) in [4.78, 5) is 12.0. The van der Waals surface area contributed by atoms with Crippen LogP contribution in [0.2, 0.25) is 0 Å². The van der Waals surface area contributed by atoms with Gasteiger partial charge in [-0.15, -0.1) is 0 Å². The van der Waals surface area contributed by atoms with E-state index in [-0.39, 0.29) is 5.91 Å². The molecule has 2 rings (SSSR count). The zero-order valence-corrected chi connectivity index (χ0v) is 11.9. The predicted molar refractivity (Wildman–Crippen MR) is 70.8 cm³/mol. The summed E-state index contributed by atoms with van der Waals surface area (Å²) in [5.41, 5.74) is 0.548. The lowest BCUT2D eigenvalue weighted by atomic mass is 10.4. The Labute approximate surface area is 113 Å². The second-order valence-electron chi connectivity index (χ2n) is 3.80. The molecule has 2 aromatic heterocycles. The molecule has 2 heterocycles. The van der Waals surface area contributed by atoms with Crippen molar-refractivity contribution in [1.82, 2.24) is 14.3 Å². The smallest absolute Gasteiger partial charge is 0.273 e. The van der Waals surface area contributed by atoms with E-state index in [0.717, 1.165) is 4.47 Å². The maximum atomic E-state index is 12.0. The van der Waals surface area contributed by atoms with Gasteiger partial charge in [0.15, 0.2) is 5.82 Å². The Kier molecular flexibility index (Phi) is 3.42. The molecule has 18 heavy (non-hydrogen) atoms. The van der Waals surface area contributed by atoms with Crippen molar-refractivity contribution >= 4 is 27.7 Å². The van der Waals surface area contributed by atoms with Gasteiger partial charge in [0.1, 0.15) is 5.69 Å². The van der Waals surface area contributed by atoms with E-state index >= 15 is 0 Å². The molecule has 96 valence electrons. The van der Waals surface area contributed by atoms with Gasteiger partial charge in [0, 0.05) is 30.8 Å². The molecule has 0 unspecified atom stereocenters. The highest BCUT2D eigenvalue weighted by atomic mass is 79.9. The third-order valence-electron chi connectivity index (χ3n) is 2.49. The number of carbonyl (C=O) groups is 1. The molecule has 0 spiro atoms. The number of ether oxygens (including phenoxy) is 1. The van der Waals surface area contributed by atoms with Crippen LogP contribution in [0.4, 0.5) is 5.82 Å². The molecule has 2 aromatic rings. The number of rotatable bonds is 3. The van der Waals surface area contributed by atoms with Gasteiger partial charge in [-0.2, -0.15) is 5.10 Å². The van der Waals surface area contributed by atoms with E-state index < -0.39 is 0 Å². The summed E-state index contributed by atoms with van der Waals surface area (Å²) in [5.74, 6) is 0.819. The van der Waals surface area contributed by atoms with E-state index in [1.54, 1.807) is 42.6 Å². The number of aromatic nitrogens is 3. The number of methoxy groups -OCH3 is 1. The molecule has 0 saturated carbocycles. The largest absolute Gasteiger partial charge is 0.481 e. The summed E-state index contributed by atoms with van der Waals surface area (Å²) < 4.78 is 9.22. The molecular weight excluding hydrogens is 300 g/mol. The van der Waals surface area contributed by atoms with Gasteiger partial charge in [-0.3, -0.25) is 4.79 Å². The highest BCUT2D eigenvalue weighted by molar-refractivity contribution is 9.10. The van der Waals surface area contributed by atoms with Gasteiger partial charge in [-0.1, -0.05) is 0 Å². The molecule has 0 aliphatic heterocycles. The summed E-state index contributed by atoms with van der Waals surface area (Å²) in [6.45, 7) is 0. The molecular formula is C11H13BrN4O2. The SMILES string of the molecule is COc1cc(NC(=O)c2cc(Br)cn2C)nn1C. The second kappa shape index (κ2) is 4.85. The Hall–Kier alpha value is -1.76. The maximum absolute atomic E-state index is 12.0. The highest BCUT2D eigenvalue weighted by Crippen LogP contribution is 2.18. The van der Waals surface area contributed by atoms with E-state index in [1.165, 1.54) is 0 Å². The lowest BCUT2D eigenvalue weighted by Crippen LogP contribution is -2.15. The molecule has 1 N–H and O–H groups in total. The zero-order chi connectivity index (χ0) is 13.3. The first-order valence-corrected chi connectivity index (χ1v) is 6.02. The Morgan fingerprint density at radius 2 is 2.17 bits per heavy atom. The standard InChI is InChI=1S/C11H13BrN4O2/c1-15-6-7(12)4-8(15)11(17)13-9-5-10(18-3)16(2)14-9/h4-6H,1-3H3,(H,13,14,17). The van der Waals surface area contributed by atoms with E-state index in [0.29, 0.717) is 17.4 Å². The number of amides is 1. The van der Waals surface area contributed by atoms with E-state index in [2.05, 4.69) is 26.3 Å². The Bertz CT molecular complexity index is 588. The fourth-order valence-electron chi connectivity index (χ4n) is 1.63. The van der Waals surface area contributed by atoms with Crippen LogP contribution < -0.4 is 10.1 Å². The van der Waals surface area contributed by atoms with E-state index in [9.17, 15) is 4.79 Å². The third kappa shape index (κ3) is 2.40. The number of carbonyl (C=O) groups excluding carboxylic acids is 1. The van der Waals surface area contributed by atoms with Gasteiger partial charge in [0.05, 0.1) is 7.11 Å². The summed E-state index contributed by atoms with van der Waals surface area (Å²) in [7, 11) is 5.10. The van der Waals surface area contributed by atoms with Gasteiger partial charge in [0.2, 0.25) is 5.88 Å². The maximum Gasteiger partial charge on any atom is 0.273 e. The number of anilines is 1. The molecule has 0 saturated heterocycles. The van der Waals surface area contributed by atoms with E-state index in [4.69, 9.17) is 4.74 Å². The summed E-state index contributed by atoms with van der Waals surface area (Å²) in [6, 6.07) is 3.41. The molecule has 6 nitrogen and oxygen atoms in total. The number of nitrogens with one attached hydrogen (secondary N) is 1. The van der Waals surface area contributed by atoms with Gasteiger partial charge in [-0.05, 0) is 22.0 Å². The highest BCUT2D eigenvalue weighted by Gasteiger charge is 2.13. The number of aryl methyl sites for hydroxylation is 2. The average molecular weight is 313 g/mol. The van der Waals surface area contributed by atoms with Crippen molar-refractivity contribution in [3.63, 3.8) is 0 Å². The second-order valence-corrected chi connectivity index (χ2v) is 4.72.